The topological polar surface area (TPSA) is 46.2 Å². The Balaban J connectivity index is 3.39. The summed E-state index contributed by atoms with van der Waals surface area (Å²) in [4.78, 5) is 23.7. The molecular weight excluding hydrogens is 382 g/mol. The van der Waals surface area contributed by atoms with E-state index in [4.69, 9.17) is 0 Å². The Bertz CT molecular complexity index is 426. The third-order valence-electron chi connectivity index (χ3n) is 5.61. The van der Waals surface area contributed by atoms with Gasteiger partial charge in [-0.25, -0.2) is 0 Å². The van der Waals surface area contributed by atoms with Crippen LogP contribution in [0.4, 0.5) is 0 Å². The van der Waals surface area contributed by atoms with E-state index in [2.05, 4.69) is 43.5 Å². The molecule has 0 aromatic heterocycles. The minimum atomic E-state index is -0.0984. The smallest absolute Gasteiger partial charge is 0.226 e. The van der Waals surface area contributed by atoms with Gasteiger partial charge in [-0.05, 0) is 51.4 Å². The molecule has 3 nitrogen and oxygen atoms in total. The van der Waals surface area contributed by atoms with E-state index in [1.54, 1.807) is 0 Å². The van der Waals surface area contributed by atoms with E-state index in [0.29, 0.717) is 12.8 Å². The van der Waals surface area contributed by atoms with Crippen molar-refractivity contribution in [3.05, 3.63) is 24.3 Å². The normalized spacial score (nSPS) is 11.5. The molecule has 180 valence electrons. The first kappa shape index (κ1) is 29.6. The quantitative estimate of drug-likeness (QED) is 0.137. The molecule has 0 heterocycles. The molecule has 0 rings (SSSR count). The van der Waals surface area contributed by atoms with E-state index in [9.17, 15) is 9.59 Å². The van der Waals surface area contributed by atoms with Crippen molar-refractivity contribution >= 4 is 11.8 Å². The van der Waals surface area contributed by atoms with Crippen LogP contribution in [0.2, 0.25) is 0 Å². The molecule has 0 fully saturated rings. The van der Waals surface area contributed by atoms with E-state index in [1.165, 1.54) is 89.9 Å². The lowest BCUT2D eigenvalue weighted by molar-refractivity contribution is -0.130. The number of imide groups is 1. The van der Waals surface area contributed by atoms with Gasteiger partial charge in [0.25, 0.3) is 0 Å². The van der Waals surface area contributed by atoms with Gasteiger partial charge in [0, 0.05) is 12.8 Å². The van der Waals surface area contributed by atoms with E-state index >= 15 is 0 Å². The molecule has 0 unspecified atom stereocenters. The lowest BCUT2D eigenvalue weighted by Crippen LogP contribution is -2.29. The Morgan fingerprint density at radius 1 is 0.484 bits per heavy atom. The van der Waals surface area contributed by atoms with Crippen LogP contribution in [0.1, 0.15) is 142 Å². The van der Waals surface area contributed by atoms with Gasteiger partial charge in [0.05, 0.1) is 0 Å². The van der Waals surface area contributed by atoms with E-state index in [-0.39, 0.29) is 11.8 Å². The highest BCUT2D eigenvalue weighted by Gasteiger charge is 2.07. The number of hydrogen-bond acceptors (Lipinski definition) is 2. The summed E-state index contributed by atoms with van der Waals surface area (Å²) >= 11 is 0. The second-order valence-corrected chi connectivity index (χ2v) is 8.81. The minimum Gasteiger partial charge on any atom is -0.296 e. The van der Waals surface area contributed by atoms with Crippen molar-refractivity contribution in [3.63, 3.8) is 0 Å². The number of unbranched alkanes of at least 4 members (excludes halogenated alkanes) is 14. The fourth-order valence-electron chi connectivity index (χ4n) is 3.55. The zero-order valence-electron chi connectivity index (χ0n) is 20.8. The molecule has 0 aromatic carbocycles. The summed E-state index contributed by atoms with van der Waals surface area (Å²) in [7, 11) is 0. The Kier molecular flexibility index (Phi) is 23.8. The van der Waals surface area contributed by atoms with Crippen LogP contribution in [0.15, 0.2) is 24.3 Å². The molecule has 0 radical (unpaired) electrons. The van der Waals surface area contributed by atoms with Gasteiger partial charge in [0.1, 0.15) is 0 Å². The highest BCUT2D eigenvalue weighted by molar-refractivity contribution is 5.95. The molecule has 1 N–H and O–H groups in total. The Labute approximate surface area is 193 Å². The van der Waals surface area contributed by atoms with E-state index in [1.807, 2.05) is 0 Å². The average Bonchev–Trinajstić information content (AvgIpc) is 2.75. The monoisotopic (exact) mass is 433 g/mol. The predicted molar refractivity (Wildman–Crippen MR) is 135 cm³/mol. The van der Waals surface area contributed by atoms with Gasteiger partial charge in [0.15, 0.2) is 0 Å². The van der Waals surface area contributed by atoms with E-state index < -0.39 is 0 Å². The van der Waals surface area contributed by atoms with Crippen molar-refractivity contribution in [1.29, 1.82) is 0 Å². The number of carbonyl (C=O) groups excluding carboxylic acids is 2. The zero-order chi connectivity index (χ0) is 22.8. The third-order valence-corrected chi connectivity index (χ3v) is 5.61. The maximum absolute atomic E-state index is 11.9. The average molecular weight is 434 g/mol. The molecule has 0 aliphatic carbocycles. The fraction of sp³-hybridized carbons (Fsp3) is 0.786. The molecule has 31 heavy (non-hydrogen) atoms. The van der Waals surface area contributed by atoms with Crippen molar-refractivity contribution in [2.75, 3.05) is 0 Å². The number of carbonyl (C=O) groups is 2. The van der Waals surface area contributed by atoms with Gasteiger partial charge in [-0.2, -0.15) is 0 Å². The van der Waals surface area contributed by atoms with Crippen molar-refractivity contribution < 1.29 is 9.59 Å². The van der Waals surface area contributed by atoms with Crippen LogP contribution in [0.5, 0.6) is 0 Å². The number of allylic oxidation sites excluding steroid dienone is 4. The van der Waals surface area contributed by atoms with Crippen LogP contribution >= 0.6 is 0 Å². The minimum absolute atomic E-state index is 0.0984. The first-order valence-electron chi connectivity index (χ1n) is 13.3. The van der Waals surface area contributed by atoms with Crippen LogP contribution in [-0.2, 0) is 9.59 Å². The molecule has 0 atom stereocenters. The highest BCUT2D eigenvalue weighted by Crippen LogP contribution is 2.10. The van der Waals surface area contributed by atoms with Gasteiger partial charge in [-0.3, -0.25) is 14.9 Å². The lowest BCUT2D eigenvalue weighted by Gasteiger charge is -2.05. The molecule has 0 saturated carbocycles. The van der Waals surface area contributed by atoms with Crippen molar-refractivity contribution in [1.82, 2.24) is 5.32 Å². The summed E-state index contributed by atoms with van der Waals surface area (Å²) in [6.07, 6.45) is 31.3. The first-order chi connectivity index (χ1) is 15.2. The fourth-order valence-corrected chi connectivity index (χ4v) is 3.55. The molecular formula is C28H51NO2. The Morgan fingerprint density at radius 3 is 1.19 bits per heavy atom. The highest BCUT2D eigenvalue weighted by atomic mass is 16.2. The summed E-state index contributed by atoms with van der Waals surface area (Å²) in [6.45, 7) is 4.45. The van der Waals surface area contributed by atoms with Crippen molar-refractivity contribution in [2.24, 2.45) is 0 Å². The second kappa shape index (κ2) is 24.9. The molecule has 2 amide bonds. The number of rotatable bonds is 22. The SMILES string of the molecule is CCCCC=CCCCCCCCC(=O)NC(=O)CCCCCCCC=CCCCC. The third kappa shape index (κ3) is 24.8. The number of hydrogen-bond donors (Lipinski definition) is 1. The van der Waals surface area contributed by atoms with Crippen LogP contribution in [0.3, 0.4) is 0 Å². The molecule has 3 heteroatoms. The molecule has 0 bridgehead atoms. The zero-order valence-corrected chi connectivity index (χ0v) is 20.8. The molecule has 0 aliphatic rings. The lowest BCUT2D eigenvalue weighted by atomic mass is 10.1. The van der Waals surface area contributed by atoms with Crippen molar-refractivity contribution in [3.8, 4) is 0 Å². The van der Waals surface area contributed by atoms with Crippen LogP contribution in [-0.4, -0.2) is 11.8 Å². The summed E-state index contributed by atoms with van der Waals surface area (Å²) in [5.74, 6) is -0.197. The Hall–Kier alpha value is -1.38. The standard InChI is InChI=1S/C28H51NO2/c1-3-5-7-9-11-13-15-17-19-21-23-25-27(30)29-28(31)26-24-22-20-18-16-14-12-10-8-6-4-2/h9-12H,3-8,13-26H2,1-2H3,(H,29,30,31). The molecule has 0 spiro atoms. The van der Waals surface area contributed by atoms with E-state index in [0.717, 1.165) is 25.7 Å². The van der Waals surface area contributed by atoms with Crippen LogP contribution in [0, 0.1) is 0 Å². The number of nitrogens with one attached hydrogen (secondary N) is 1. The predicted octanol–water partition coefficient (Wildman–Crippen LogP) is 8.58. The van der Waals surface area contributed by atoms with Gasteiger partial charge < -0.3 is 0 Å². The van der Waals surface area contributed by atoms with Crippen LogP contribution in [0.25, 0.3) is 0 Å². The van der Waals surface area contributed by atoms with Gasteiger partial charge >= 0.3 is 0 Å². The molecule has 0 saturated heterocycles. The maximum Gasteiger partial charge on any atom is 0.226 e. The summed E-state index contributed by atoms with van der Waals surface area (Å²) in [6, 6.07) is 0. The summed E-state index contributed by atoms with van der Waals surface area (Å²) < 4.78 is 0. The largest absolute Gasteiger partial charge is 0.296 e. The van der Waals surface area contributed by atoms with Crippen molar-refractivity contribution in [2.45, 2.75) is 142 Å². The molecule has 0 aliphatic heterocycles. The summed E-state index contributed by atoms with van der Waals surface area (Å²) in [5, 5.41) is 2.55. The molecule has 0 aromatic rings. The van der Waals surface area contributed by atoms with Gasteiger partial charge in [-0.15, -0.1) is 0 Å². The second-order valence-electron chi connectivity index (χ2n) is 8.81. The first-order valence-corrected chi connectivity index (χ1v) is 13.3. The van der Waals surface area contributed by atoms with Gasteiger partial charge in [0.2, 0.25) is 11.8 Å². The van der Waals surface area contributed by atoms with Gasteiger partial charge in [-0.1, -0.05) is 102 Å². The summed E-state index contributed by atoms with van der Waals surface area (Å²) in [5.41, 5.74) is 0. The Morgan fingerprint density at radius 2 is 0.806 bits per heavy atom. The van der Waals surface area contributed by atoms with Crippen LogP contribution < -0.4 is 5.32 Å². The maximum atomic E-state index is 11.9. The number of amides is 2.